The van der Waals surface area contributed by atoms with E-state index in [0.29, 0.717) is 18.8 Å². The van der Waals surface area contributed by atoms with Crippen LogP contribution in [0.3, 0.4) is 0 Å². The molecule has 1 amide bonds. The smallest absolute Gasteiger partial charge is 0.274 e. The summed E-state index contributed by atoms with van der Waals surface area (Å²) in [6, 6.07) is 9.98. The second kappa shape index (κ2) is 6.37. The molecule has 1 N–H and O–H groups in total. The molecule has 0 saturated heterocycles. The molecule has 0 fully saturated rings. The molecule has 0 spiro atoms. The van der Waals surface area contributed by atoms with Crippen LogP contribution in [0.4, 0.5) is 0 Å². The van der Waals surface area contributed by atoms with Gasteiger partial charge >= 0.3 is 0 Å². The molecular weight excluding hydrogens is 250 g/mol. The maximum absolute atomic E-state index is 12.5. The van der Waals surface area contributed by atoms with Gasteiger partial charge in [-0.3, -0.25) is 9.89 Å². The molecule has 0 bridgehead atoms. The predicted octanol–water partition coefficient (Wildman–Crippen LogP) is 2.94. The van der Waals surface area contributed by atoms with Crippen molar-refractivity contribution in [3.05, 3.63) is 52.8 Å². The Balaban J connectivity index is 2.15. The van der Waals surface area contributed by atoms with Crippen LogP contribution in [-0.2, 0) is 13.0 Å². The number of benzene rings is 1. The highest BCUT2D eigenvalue weighted by Crippen LogP contribution is 2.13. The average molecular weight is 271 g/mol. The quantitative estimate of drug-likeness (QED) is 0.909. The lowest BCUT2D eigenvalue weighted by Crippen LogP contribution is -2.30. The molecule has 1 aromatic carbocycles. The number of hydrogen-bond acceptors (Lipinski definition) is 2. The van der Waals surface area contributed by atoms with Crippen molar-refractivity contribution in [2.75, 3.05) is 6.54 Å². The zero-order valence-electron chi connectivity index (χ0n) is 12.3. The van der Waals surface area contributed by atoms with Crippen LogP contribution in [0.15, 0.2) is 30.3 Å². The minimum atomic E-state index is -0.0216. The van der Waals surface area contributed by atoms with E-state index in [-0.39, 0.29) is 5.91 Å². The third kappa shape index (κ3) is 3.07. The van der Waals surface area contributed by atoms with Gasteiger partial charge in [0, 0.05) is 18.8 Å². The van der Waals surface area contributed by atoms with E-state index >= 15 is 0 Å². The van der Waals surface area contributed by atoms with Crippen LogP contribution in [0.5, 0.6) is 0 Å². The average Bonchev–Trinajstić information content (AvgIpc) is 2.94. The first kappa shape index (κ1) is 14.3. The highest BCUT2D eigenvalue weighted by atomic mass is 16.2. The minimum absolute atomic E-state index is 0.0216. The van der Waals surface area contributed by atoms with Gasteiger partial charge in [-0.25, -0.2) is 0 Å². The Morgan fingerprint density at radius 3 is 2.65 bits per heavy atom. The van der Waals surface area contributed by atoms with Gasteiger partial charge in [-0.1, -0.05) is 31.2 Å². The fourth-order valence-electron chi connectivity index (χ4n) is 2.13. The van der Waals surface area contributed by atoms with Gasteiger partial charge in [0.25, 0.3) is 5.91 Å². The van der Waals surface area contributed by atoms with Gasteiger partial charge in [0.2, 0.25) is 0 Å². The fraction of sp³-hybridized carbons (Fsp3) is 0.375. The number of H-pyrrole nitrogens is 1. The maximum atomic E-state index is 12.5. The molecule has 2 aromatic rings. The molecule has 0 radical (unpaired) electrons. The third-order valence-electron chi connectivity index (χ3n) is 3.52. The Kier molecular flexibility index (Phi) is 4.56. The molecule has 0 aliphatic heterocycles. The molecule has 0 unspecified atom stereocenters. The van der Waals surface area contributed by atoms with Crippen LogP contribution in [0, 0.1) is 6.92 Å². The van der Waals surface area contributed by atoms with E-state index in [1.54, 1.807) is 0 Å². The molecule has 1 aromatic heterocycles. The zero-order valence-corrected chi connectivity index (χ0v) is 12.3. The Morgan fingerprint density at radius 2 is 2.05 bits per heavy atom. The summed E-state index contributed by atoms with van der Waals surface area (Å²) < 4.78 is 0. The molecule has 0 atom stereocenters. The van der Waals surface area contributed by atoms with E-state index in [0.717, 1.165) is 12.1 Å². The molecule has 0 aliphatic carbocycles. The third-order valence-corrected chi connectivity index (χ3v) is 3.52. The summed E-state index contributed by atoms with van der Waals surface area (Å²) in [6.07, 6.45) is 0.851. The number of amides is 1. The van der Waals surface area contributed by atoms with E-state index in [1.165, 1.54) is 11.1 Å². The molecule has 4 heteroatoms. The lowest BCUT2D eigenvalue weighted by atomic mass is 10.1. The number of carbonyl (C=O) groups excluding carboxylic acids is 1. The molecule has 4 nitrogen and oxygen atoms in total. The lowest BCUT2D eigenvalue weighted by Gasteiger charge is -2.20. The van der Waals surface area contributed by atoms with Crippen molar-refractivity contribution in [2.24, 2.45) is 0 Å². The van der Waals surface area contributed by atoms with Gasteiger partial charge in [0.05, 0.1) is 0 Å². The molecule has 106 valence electrons. The van der Waals surface area contributed by atoms with Crippen LogP contribution in [-0.4, -0.2) is 27.5 Å². The number of aromatic nitrogens is 2. The minimum Gasteiger partial charge on any atom is -0.333 e. The van der Waals surface area contributed by atoms with E-state index in [4.69, 9.17) is 0 Å². The summed E-state index contributed by atoms with van der Waals surface area (Å²) >= 11 is 0. The van der Waals surface area contributed by atoms with Crippen molar-refractivity contribution >= 4 is 5.91 Å². The van der Waals surface area contributed by atoms with Crippen molar-refractivity contribution in [3.63, 3.8) is 0 Å². The Morgan fingerprint density at radius 1 is 1.30 bits per heavy atom. The standard InChI is InChI=1S/C16H21N3O/c1-4-14-10-15(18-17-14)16(20)19(5-2)11-13-9-7-6-8-12(13)3/h6-10H,4-5,11H2,1-3H3,(H,17,18). The summed E-state index contributed by atoms with van der Waals surface area (Å²) in [5, 5.41) is 7.00. The largest absolute Gasteiger partial charge is 0.333 e. The van der Waals surface area contributed by atoms with Crippen LogP contribution >= 0.6 is 0 Å². The SMILES string of the molecule is CCc1cc(C(=O)N(CC)Cc2ccccc2C)n[nH]1. The normalized spacial score (nSPS) is 10.6. The molecular formula is C16H21N3O. The van der Waals surface area contributed by atoms with Crippen molar-refractivity contribution < 1.29 is 4.79 Å². The molecule has 0 saturated carbocycles. The number of aryl methyl sites for hydroxylation is 2. The van der Waals surface area contributed by atoms with Crippen molar-refractivity contribution in [1.29, 1.82) is 0 Å². The lowest BCUT2D eigenvalue weighted by molar-refractivity contribution is 0.0746. The number of rotatable bonds is 5. The molecule has 2 rings (SSSR count). The number of hydrogen-bond donors (Lipinski definition) is 1. The van der Waals surface area contributed by atoms with E-state index in [1.807, 2.05) is 36.9 Å². The maximum Gasteiger partial charge on any atom is 0.274 e. The Labute approximate surface area is 119 Å². The zero-order chi connectivity index (χ0) is 14.5. The van der Waals surface area contributed by atoms with Crippen LogP contribution in [0.1, 0.15) is 41.2 Å². The first-order valence-electron chi connectivity index (χ1n) is 7.03. The molecule has 0 aliphatic rings. The van der Waals surface area contributed by atoms with E-state index < -0.39 is 0 Å². The first-order chi connectivity index (χ1) is 9.65. The van der Waals surface area contributed by atoms with Gasteiger partial charge in [-0.15, -0.1) is 0 Å². The van der Waals surface area contributed by atoms with Gasteiger partial charge in [0.1, 0.15) is 5.69 Å². The van der Waals surface area contributed by atoms with Gasteiger partial charge in [-0.05, 0) is 37.5 Å². The summed E-state index contributed by atoms with van der Waals surface area (Å²) in [6.45, 7) is 7.38. The molecule has 20 heavy (non-hydrogen) atoms. The van der Waals surface area contributed by atoms with E-state index in [9.17, 15) is 4.79 Å². The van der Waals surface area contributed by atoms with Gasteiger partial charge in [-0.2, -0.15) is 5.10 Å². The monoisotopic (exact) mass is 271 g/mol. The number of nitrogens with zero attached hydrogens (tertiary/aromatic N) is 2. The second-order valence-electron chi connectivity index (χ2n) is 4.88. The van der Waals surface area contributed by atoms with Crippen LogP contribution in [0.2, 0.25) is 0 Å². The summed E-state index contributed by atoms with van der Waals surface area (Å²) in [7, 11) is 0. The van der Waals surface area contributed by atoms with Crippen molar-refractivity contribution in [2.45, 2.75) is 33.7 Å². The number of carbonyl (C=O) groups is 1. The topological polar surface area (TPSA) is 49.0 Å². The number of aromatic amines is 1. The highest BCUT2D eigenvalue weighted by molar-refractivity contribution is 5.92. The van der Waals surface area contributed by atoms with Gasteiger partial charge < -0.3 is 4.90 Å². The Hall–Kier alpha value is -2.10. The van der Waals surface area contributed by atoms with Crippen molar-refractivity contribution in [3.8, 4) is 0 Å². The number of nitrogens with one attached hydrogen (secondary N) is 1. The van der Waals surface area contributed by atoms with Gasteiger partial charge in [0.15, 0.2) is 0 Å². The first-order valence-corrected chi connectivity index (χ1v) is 7.03. The molecule has 1 heterocycles. The predicted molar refractivity (Wildman–Crippen MR) is 79.6 cm³/mol. The summed E-state index contributed by atoms with van der Waals surface area (Å²) in [4.78, 5) is 14.3. The van der Waals surface area contributed by atoms with E-state index in [2.05, 4.69) is 29.3 Å². The summed E-state index contributed by atoms with van der Waals surface area (Å²) in [5.74, 6) is -0.0216. The van der Waals surface area contributed by atoms with Crippen LogP contribution < -0.4 is 0 Å². The van der Waals surface area contributed by atoms with Crippen LogP contribution in [0.25, 0.3) is 0 Å². The highest BCUT2D eigenvalue weighted by Gasteiger charge is 2.17. The Bertz CT molecular complexity index is 589. The fourth-order valence-corrected chi connectivity index (χ4v) is 2.13. The second-order valence-corrected chi connectivity index (χ2v) is 4.88. The summed E-state index contributed by atoms with van der Waals surface area (Å²) in [5.41, 5.74) is 3.86. The van der Waals surface area contributed by atoms with Crippen molar-refractivity contribution in [1.82, 2.24) is 15.1 Å².